The van der Waals surface area contributed by atoms with Crippen LogP contribution >= 0.6 is 0 Å². The van der Waals surface area contributed by atoms with Crippen LogP contribution in [-0.2, 0) is 14.3 Å². The van der Waals surface area contributed by atoms with Crippen LogP contribution < -0.4 is 5.73 Å². The number of Topliss-reactive ketones (excluding diaryl/α,β-unsaturated/α-hetero) is 1. The highest BCUT2D eigenvalue weighted by Crippen LogP contribution is 2.67. The van der Waals surface area contributed by atoms with Gasteiger partial charge in [-0.2, -0.15) is 0 Å². The third-order valence-electron chi connectivity index (χ3n) is 10.1. The second-order valence-corrected chi connectivity index (χ2v) is 11.0. The zero-order valence-corrected chi connectivity index (χ0v) is 18.8. The molecule has 0 bridgehead atoms. The number of hydrogen-bond donors (Lipinski definition) is 1. The van der Waals surface area contributed by atoms with E-state index in [1.54, 1.807) is 0 Å². The first-order valence-corrected chi connectivity index (χ1v) is 11.7. The average Bonchev–Trinajstić information content (AvgIpc) is 3.04. The molecule has 7 unspecified atom stereocenters. The first kappa shape index (κ1) is 21.1. The van der Waals surface area contributed by atoms with E-state index in [-0.39, 0.29) is 16.9 Å². The maximum Gasteiger partial charge on any atom is 0.305 e. The van der Waals surface area contributed by atoms with Crippen molar-refractivity contribution in [1.29, 1.82) is 0 Å². The first-order valence-electron chi connectivity index (χ1n) is 11.7. The van der Waals surface area contributed by atoms with Crippen molar-refractivity contribution < 1.29 is 14.3 Å². The van der Waals surface area contributed by atoms with Crippen molar-refractivity contribution in [3.8, 4) is 0 Å². The molecule has 0 aliphatic heterocycles. The molecular formula is C25H39NO3. The van der Waals surface area contributed by atoms with E-state index in [0.29, 0.717) is 54.1 Å². The Morgan fingerprint density at radius 1 is 1.24 bits per heavy atom. The topological polar surface area (TPSA) is 69.4 Å². The Bertz CT molecular complexity index is 730. The number of methoxy groups -OCH3 is 1. The van der Waals surface area contributed by atoms with Crippen molar-refractivity contribution in [3.05, 3.63) is 11.6 Å². The van der Waals surface area contributed by atoms with Crippen LogP contribution in [0.25, 0.3) is 0 Å². The van der Waals surface area contributed by atoms with Crippen LogP contribution in [0.4, 0.5) is 0 Å². The first-order chi connectivity index (χ1) is 13.7. The Morgan fingerprint density at radius 3 is 2.72 bits per heavy atom. The zero-order chi connectivity index (χ0) is 21.0. The Balaban J connectivity index is 1.57. The molecule has 29 heavy (non-hydrogen) atoms. The number of allylic oxidation sites excluding steroid dienone is 1. The minimum atomic E-state index is -0.174. The summed E-state index contributed by atoms with van der Waals surface area (Å²) in [5.41, 5.74) is 8.79. The average molecular weight is 402 g/mol. The Kier molecular flexibility index (Phi) is 5.25. The quantitative estimate of drug-likeness (QED) is 0.542. The number of ketones is 1. The summed E-state index contributed by atoms with van der Waals surface area (Å²) < 4.78 is 4.86. The molecular weight excluding hydrogens is 362 g/mol. The van der Waals surface area contributed by atoms with Crippen LogP contribution in [-0.4, -0.2) is 24.4 Å². The van der Waals surface area contributed by atoms with Crippen LogP contribution in [0.5, 0.6) is 0 Å². The normalized spacial score (nSPS) is 44.9. The van der Waals surface area contributed by atoms with Gasteiger partial charge in [0.25, 0.3) is 0 Å². The molecule has 3 saturated carbocycles. The largest absolute Gasteiger partial charge is 0.469 e. The monoisotopic (exact) mass is 401 g/mol. The summed E-state index contributed by atoms with van der Waals surface area (Å²) in [5.74, 6) is 2.66. The van der Waals surface area contributed by atoms with Gasteiger partial charge in [-0.25, -0.2) is 0 Å². The molecule has 4 aliphatic carbocycles. The summed E-state index contributed by atoms with van der Waals surface area (Å²) in [4.78, 5) is 23.7. The van der Waals surface area contributed by atoms with Gasteiger partial charge in [-0.15, -0.1) is 0 Å². The molecule has 0 radical (unpaired) electrons. The zero-order valence-electron chi connectivity index (χ0n) is 18.8. The van der Waals surface area contributed by atoms with E-state index in [4.69, 9.17) is 10.5 Å². The smallest absolute Gasteiger partial charge is 0.305 e. The van der Waals surface area contributed by atoms with Gasteiger partial charge in [-0.1, -0.05) is 32.4 Å². The van der Waals surface area contributed by atoms with Crippen LogP contribution in [0.2, 0.25) is 0 Å². The van der Waals surface area contributed by atoms with Gasteiger partial charge in [0, 0.05) is 30.2 Å². The molecule has 3 fully saturated rings. The van der Waals surface area contributed by atoms with E-state index in [1.807, 2.05) is 0 Å². The number of hydrogen-bond acceptors (Lipinski definition) is 4. The fourth-order valence-electron chi connectivity index (χ4n) is 8.13. The number of carbonyl (C=O) groups is 2. The van der Waals surface area contributed by atoms with Crippen LogP contribution in [0.3, 0.4) is 0 Å². The lowest BCUT2D eigenvalue weighted by molar-refractivity contribution is -0.141. The predicted octanol–water partition coefficient (Wildman–Crippen LogP) is 4.81. The second kappa shape index (κ2) is 7.21. The minimum Gasteiger partial charge on any atom is -0.469 e. The highest BCUT2D eigenvalue weighted by molar-refractivity contribution is 5.83. The Hall–Kier alpha value is -1.16. The SMILES string of the molecule is COC(=O)CCC(C)C1CCC2C3CC=C4CC(=O)CCC4(C)C3(N)CCC12C. The molecule has 0 aromatic carbocycles. The Labute approximate surface area is 176 Å². The van der Waals surface area contributed by atoms with Gasteiger partial charge >= 0.3 is 5.97 Å². The standard InChI is InChI=1S/C25H39NO3/c1-16(5-10-22(28)29-4)19-8-9-20-21-7-6-17-15-18(27)11-12-24(17,3)25(21,26)14-13-23(19,20)2/h6,16,19-21H,5,7-15,26H2,1-4H3. The lowest BCUT2D eigenvalue weighted by Gasteiger charge is -2.63. The molecule has 4 heteroatoms. The fraction of sp³-hybridized carbons (Fsp3) is 0.840. The third-order valence-corrected chi connectivity index (χ3v) is 10.1. The van der Waals surface area contributed by atoms with E-state index in [1.165, 1.54) is 31.9 Å². The van der Waals surface area contributed by atoms with Crippen molar-refractivity contribution in [1.82, 2.24) is 0 Å². The molecule has 0 heterocycles. The van der Waals surface area contributed by atoms with Crippen LogP contribution in [0.15, 0.2) is 11.6 Å². The van der Waals surface area contributed by atoms with Crippen LogP contribution in [0.1, 0.15) is 85.0 Å². The summed E-state index contributed by atoms with van der Waals surface area (Å²) in [6.07, 6.45) is 11.9. The van der Waals surface area contributed by atoms with Crippen molar-refractivity contribution >= 4 is 11.8 Å². The maximum atomic E-state index is 12.1. The van der Waals surface area contributed by atoms with Gasteiger partial charge in [0.1, 0.15) is 5.78 Å². The number of nitrogens with two attached hydrogens (primary N) is 1. The lowest BCUT2D eigenvalue weighted by Crippen LogP contribution is -2.67. The highest BCUT2D eigenvalue weighted by atomic mass is 16.5. The van der Waals surface area contributed by atoms with Crippen molar-refractivity contribution in [3.63, 3.8) is 0 Å². The van der Waals surface area contributed by atoms with Gasteiger partial charge in [-0.3, -0.25) is 9.59 Å². The molecule has 0 saturated heterocycles. The van der Waals surface area contributed by atoms with E-state index in [9.17, 15) is 9.59 Å². The molecule has 0 aromatic heterocycles. The summed E-state index contributed by atoms with van der Waals surface area (Å²) in [7, 11) is 1.48. The molecule has 2 N–H and O–H groups in total. The van der Waals surface area contributed by atoms with E-state index >= 15 is 0 Å². The van der Waals surface area contributed by atoms with Crippen molar-refractivity contribution in [2.24, 2.45) is 40.2 Å². The van der Waals surface area contributed by atoms with E-state index < -0.39 is 0 Å². The number of esters is 1. The summed E-state index contributed by atoms with van der Waals surface area (Å²) in [5, 5.41) is 0. The predicted molar refractivity (Wildman–Crippen MR) is 114 cm³/mol. The second-order valence-electron chi connectivity index (χ2n) is 11.0. The number of carbonyl (C=O) groups excluding carboxylic acids is 2. The van der Waals surface area contributed by atoms with Crippen molar-refractivity contribution in [2.45, 2.75) is 90.5 Å². The third kappa shape index (κ3) is 3.04. The number of rotatable bonds is 4. The summed E-state index contributed by atoms with van der Waals surface area (Å²) in [6.45, 7) is 7.19. The van der Waals surface area contributed by atoms with E-state index in [0.717, 1.165) is 25.7 Å². The number of ether oxygens (including phenoxy) is 1. The molecule has 0 spiro atoms. The Morgan fingerprint density at radius 2 is 2.00 bits per heavy atom. The molecule has 0 amide bonds. The maximum absolute atomic E-state index is 12.1. The minimum absolute atomic E-state index is 0.0141. The van der Waals surface area contributed by atoms with E-state index in [2.05, 4.69) is 26.8 Å². The highest BCUT2D eigenvalue weighted by Gasteiger charge is 2.64. The van der Waals surface area contributed by atoms with Gasteiger partial charge in [0.15, 0.2) is 0 Å². The molecule has 7 atom stereocenters. The van der Waals surface area contributed by atoms with Gasteiger partial charge in [-0.05, 0) is 74.0 Å². The van der Waals surface area contributed by atoms with Gasteiger partial charge in [0.05, 0.1) is 7.11 Å². The number of fused-ring (bicyclic) bond motifs is 5. The summed E-state index contributed by atoms with van der Waals surface area (Å²) in [6, 6.07) is 0. The fourth-order valence-corrected chi connectivity index (χ4v) is 8.13. The van der Waals surface area contributed by atoms with Gasteiger partial charge < -0.3 is 10.5 Å². The molecule has 4 nitrogen and oxygen atoms in total. The summed E-state index contributed by atoms with van der Waals surface area (Å²) >= 11 is 0. The molecule has 4 aliphatic rings. The van der Waals surface area contributed by atoms with Crippen molar-refractivity contribution in [2.75, 3.05) is 7.11 Å². The van der Waals surface area contributed by atoms with Gasteiger partial charge in [0.2, 0.25) is 0 Å². The van der Waals surface area contributed by atoms with Crippen LogP contribution in [0, 0.1) is 34.5 Å². The molecule has 0 aromatic rings. The molecule has 162 valence electrons. The molecule has 4 rings (SSSR count). The lowest BCUT2D eigenvalue weighted by atomic mass is 9.43.